The molecule has 3 aliphatic rings. The third kappa shape index (κ3) is 5.84. The van der Waals surface area contributed by atoms with Crippen molar-refractivity contribution < 1.29 is 4.79 Å². The minimum absolute atomic E-state index is 0. The van der Waals surface area contributed by atoms with Crippen molar-refractivity contribution in [2.75, 3.05) is 50.0 Å². The number of thioether (sulfide) groups is 1. The molecule has 0 radical (unpaired) electrons. The topological polar surface area (TPSA) is 31.7 Å². The monoisotopic (exact) mass is 574 g/mol. The molecule has 1 aromatic heterocycles. The van der Waals surface area contributed by atoms with Crippen molar-refractivity contribution in [2.45, 2.75) is 49.7 Å². The third-order valence-corrected chi connectivity index (χ3v) is 10.0. The van der Waals surface area contributed by atoms with E-state index in [0.717, 1.165) is 64.4 Å². The Morgan fingerprint density at radius 3 is 2.24 bits per heavy atom. The average molecular weight is 576 g/mol. The second-order valence-corrected chi connectivity index (χ2v) is 12.0. The maximum absolute atomic E-state index is 13.0. The zero-order valence-electron chi connectivity index (χ0n) is 22.1. The van der Waals surface area contributed by atoms with Gasteiger partial charge in [0.05, 0.1) is 21.8 Å². The number of halogens is 2. The number of fused-ring (bicyclic) bond motifs is 1. The summed E-state index contributed by atoms with van der Waals surface area (Å²) in [6, 6.07) is 19.4. The summed E-state index contributed by atoms with van der Waals surface area (Å²) in [5.74, 6) is 1.35. The molecule has 0 N–H and O–H groups in total. The van der Waals surface area contributed by atoms with Gasteiger partial charge >= 0.3 is 0 Å². The van der Waals surface area contributed by atoms with Crippen LogP contribution in [0.4, 0.5) is 5.69 Å². The van der Waals surface area contributed by atoms with E-state index in [1.54, 1.807) is 0 Å². The summed E-state index contributed by atoms with van der Waals surface area (Å²) in [4.78, 5) is 20.3. The highest BCUT2D eigenvalue weighted by Crippen LogP contribution is 2.46. The molecule has 1 spiro atoms. The SMILES string of the molecule is Cl.Cl.O=C1N(CCCCN2CCN(c3cn(-c4ccccc4)c4ccccc34)CC2)CSC12CCCCC2. The Balaban J connectivity index is 0.00000168. The van der Waals surface area contributed by atoms with E-state index in [-0.39, 0.29) is 29.6 Å². The Morgan fingerprint density at radius 2 is 1.47 bits per heavy atom. The summed E-state index contributed by atoms with van der Waals surface area (Å²) in [6.45, 7) is 6.41. The fourth-order valence-corrected chi connectivity index (χ4v) is 7.80. The lowest BCUT2D eigenvalue weighted by Crippen LogP contribution is -2.46. The molecule has 2 aromatic carbocycles. The molecule has 6 rings (SSSR count). The molecule has 2 aliphatic heterocycles. The maximum atomic E-state index is 13.0. The van der Waals surface area contributed by atoms with Crippen molar-refractivity contribution in [1.82, 2.24) is 14.4 Å². The molecule has 1 amide bonds. The summed E-state index contributed by atoms with van der Waals surface area (Å²) in [5, 5.41) is 1.33. The fraction of sp³-hybridized carbons (Fsp3) is 0.500. The lowest BCUT2D eigenvalue weighted by molar-refractivity contribution is -0.132. The van der Waals surface area contributed by atoms with Crippen LogP contribution >= 0.6 is 36.6 Å². The standard InChI is InChI=1S/C30H38N4OS.2ClH/c35-29-30(15-7-2-8-16-30)36-24-33(29)18-10-9-17-31-19-21-32(22-20-31)28-23-34(25-11-3-1-4-12-25)27-14-6-5-13-26(27)28;;/h1,3-6,11-14,23H,2,7-10,15-22,24H2;2*1H. The number of benzene rings is 2. The number of nitrogens with zero attached hydrogens (tertiary/aromatic N) is 4. The summed E-state index contributed by atoms with van der Waals surface area (Å²) in [6.07, 6.45) is 10.6. The molecule has 206 valence electrons. The van der Waals surface area contributed by atoms with Gasteiger partial charge in [-0.15, -0.1) is 36.6 Å². The van der Waals surface area contributed by atoms with E-state index in [2.05, 4.69) is 80.1 Å². The first-order valence-electron chi connectivity index (χ1n) is 13.8. The molecule has 38 heavy (non-hydrogen) atoms. The smallest absolute Gasteiger partial charge is 0.239 e. The first-order chi connectivity index (χ1) is 17.7. The van der Waals surface area contributed by atoms with Crippen molar-refractivity contribution in [2.24, 2.45) is 0 Å². The predicted octanol–water partition coefficient (Wildman–Crippen LogP) is 6.61. The van der Waals surface area contributed by atoms with Crippen LogP contribution < -0.4 is 4.90 Å². The van der Waals surface area contributed by atoms with Crippen LogP contribution in [0.25, 0.3) is 16.6 Å². The zero-order valence-corrected chi connectivity index (χ0v) is 24.5. The van der Waals surface area contributed by atoms with E-state index >= 15 is 0 Å². The lowest BCUT2D eigenvalue weighted by atomic mass is 9.87. The number of carbonyl (C=O) groups is 1. The molecule has 0 bridgehead atoms. The number of anilines is 1. The highest BCUT2D eigenvalue weighted by atomic mass is 35.5. The van der Waals surface area contributed by atoms with Gasteiger partial charge < -0.3 is 14.4 Å². The van der Waals surface area contributed by atoms with Gasteiger partial charge in [0.1, 0.15) is 0 Å². The molecule has 3 aromatic rings. The number of rotatable bonds is 7. The van der Waals surface area contributed by atoms with Gasteiger partial charge in [0.25, 0.3) is 0 Å². The van der Waals surface area contributed by atoms with Gasteiger partial charge in [-0.05, 0) is 50.4 Å². The molecule has 5 nitrogen and oxygen atoms in total. The van der Waals surface area contributed by atoms with E-state index in [9.17, 15) is 4.79 Å². The Bertz CT molecular complexity index is 1190. The highest BCUT2D eigenvalue weighted by Gasteiger charge is 2.47. The molecule has 1 aliphatic carbocycles. The Labute approximate surface area is 243 Å². The van der Waals surface area contributed by atoms with E-state index in [1.165, 1.54) is 48.0 Å². The number of carbonyl (C=O) groups excluding carboxylic acids is 1. The van der Waals surface area contributed by atoms with Crippen molar-refractivity contribution >= 4 is 59.1 Å². The zero-order chi connectivity index (χ0) is 24.4. The van der Waals surface area contributed by atoms with E-state index in [4.69, 9.17) is 0 Å². The van der Waals surface area contributed by atoms with E-state index in [0.29, 0.717) is 5.91 Å². The van der Waals surface area contributed by atoms with Gasteiger partial charge in [0.15, 0.2) is 0 Å². The van der Waals surface area contributed by atoms with Gasteiger partial charge in [0, 0.05) is 50.0 Å². The Hall–Kier alpha value is -1.86. The molecule has 8 heteroatoms. The summed E-state index contributed by atoms with van der Waals surface area (Å²) in [7, 11) is 0. The number of unbranched alkanes of at least 4 members (excludes halogenated alkanes) is 1. The first-order valence-corrected chi connectivity index (χ1v) is 14.8. The molecule has 2 saturated heterocycles. The fourth-order valence-electron chi connectivity index (χ4n) is 6.32. The molecule has 0 atom stereocenters. The Morgan fingerprint density at radius 1 is 0.789 bits per heavy atom. The van der Waals surface area contributed by atoms with Gasteiger partial charge in [-0.25, -0.2) is 0 Å². The number of hydrogen-bond acceptors (Lipinski definition) is 4. The van der Waals surface area contributed by atoms with Crippen molar-refractivity contribution in [3.05, 3.63) is 60.8 Å². The number of hydrogen-bond donors (Lipinski definition) is 0. The molecule has 0 unspecified atom stereocenters. The highest BCUT2D eigenvalue weighted by molar-refractivity contribution is 8.01. The Kier molecular flexibility index (Phi) is 9.96. The molecule has 1 saturated carbocycles. The minimum atomic E-state index is -0.0573. The normalized spacial score (nSPS) is 19.5. The van der Waals surface area contributed by atoms with Crippen LogP contribution in [0.5, 0.6) is 0 Å². The summed E-state index contributed by atoms with van der Waals surface area (Å²) < 4.78 is 2.27. The average Bonchev–Trinajstić information content (AvgIpc) is 3.46. The lowest BCUT2D eigenvalue weighted by Gasteiger charge is -2.36. The second-order valence-electron chi connectivity index (χ2n) is 10.7. The van der Waals surface area contributed by atoms with Crippen LogP contribution in [0, 0.1) is 0 Å². The maximum Gasteiger partial charge on any atom is 0.239 e. The second kappa shape index (κ2) is 13.0. The number of aromatic nitrogens is 1. The number of para-hydroxylation sites is 2. The largest absolute Gasteiger partial charge is 0.367 e. The third-order valence-electron chi connectivity index (χ3n) is 8.43. The first kappa shape index (κ1) is 29.1. The number of amides is 1. The van der Waals surface area contributed by atoms with Crippen molar-refractivity contribution in [3.8, 4) is 5.69 Å². The van der Waals surface area contributed by atoms with Crippen LogP contribution in [0.15, 0.2) is 60.8 Å². The molecular weight excluding hydrogens is 535 g/mol. The van der Waals surface area contributed by atoms with E-state index in [1.807, 2.05) is 11.8 Å². The number of piperazine rings is 1. The van der Waals surface area contributed by atoms with Crippen LogP contribution in [-0.4, -0.2) is 70.2 Å². The quantitative estimate of drug-likeness (QED) is 0.297. The van der Waals surface area contributed by atoms with Gasteiger partial charge in [-0.2, -0.15) is 0 Å². The molecule has 3 fully saturated rings. The molecular formula is C30H40Cl2N4OS. The summed E-state index contributed by atoms with van der Waals surface area (Å²) in [5.41, 5.74) is 3.82. The van der Waals surface area contributed by atoms with Gasteiger partial charge in [-0.3, -0.25) is 9.69 Å². The van der Waals surface area contributed by atoms with Crippen LogP contribution in [0.2, 0.25) is 0 Å². The summed E-state index contributed by atoms with van der Waals surface area (Å²) >= 11 is 1.93. The molecule has 3 heterocycles. The predicted molar refractivity (Wildman–Crippen MR) is 166 cm³/mol. The van der Waals surface area contributed by atoms with Crippen molar-refractivity contribution in [1.29, 1.82) is 0 Å². The van der Waals surface area contributed by atoms with Crippen LogP contribution in [0.1, 0.15) is 44.9 Å². The van der Waals surface area contributed by atoms with E-state index < -0.39 is 0 Å². The van der Waals surface area contributed by atoms with Crippen molar-refractivity contribution in [3.63, 3.8) is 0 Å². The van der Waals surface area contributed by atoms with Gasteiger partial charge in [0.2, 0.25) is 5.91 Å². The minimum Gasteiger partial charge on any atom is -0.367 e. The van der Waals surface area contributed by atoms with Crippen LogP contribution in [0.3, 0.4) is 0 Å². The van der Waals surface area contributed by atoms with Crippen LogP contribution in [-0.2, 0) is 4.79 Å². The van der Waals surface area contributed by atoms with Gasteiger partial charge in [-0.1, -0.05) is 55.7 Å².